The lowest BCUT2D eigenvalue weighted by atomic mass is 10.3. The Hall–Kier alpha value is -1.89. The summed E-state index contributed by atoms with van der Waals surface area (Å²) in [6.45, 7) is 0. The molecule has 14 heavy (non-hydrogen) atoms. The highest BCUT2D eigenvalue weighted by Crippen LogP contribution is 2.29. The van der Waals surface area contributed by atoms with Crippen molar-refractivity contribution < 1.29 is 14.4 Å². The Morgan fingerprint density at radius 2 is 2.14 bits per heavy atom. The molecule has 0 saturated heterocycles. The van der Waals surface area contributed by atoms with Gasteiger partial charge in [0.15, 0.2) is 5.58 Å². The fourth-order valence-corrected chi connectivity index (χ4v) is 1.71. The molecule has 0 unspecified atom stereocenters. The molecule has 0 amide bonds. The van der Waals surface area contributed by atoms with Crippen LogP contribution in [0.2, 0.25) is 0 Å². The fraction of sp³-hybridized carbons (Fsp3) is 0. The van der Waals surface area contributed by atoms with E-state index in [-0.39, 0.29) is 5.58 Å². The monoisotopic (exact) mass is 212 g/mol. The van der Waals surface area contributed by atoms with Crippen molar-refractivity contribution in [1.29, 1.82) is 0 Å². The molecule has 72 valence electrons. The first-order valence-corrected chi connectivity index (χ1v) is 4.28. The first-order chi connectivity index (χ1) is 6.58. The summed E-state index contributed by atoms with van der Waals surface area (Å²) in [5, 5.41) is 21.5. The van der Waals surface area contributed by atoms with Gasteiger partial charge in [0.2, 0.25) is 0 Å². The largest absolute Gasteiger partial charge is 0.868 e. The van der Waals surface area contributed by atoms with E-state index in [9.17, 15) is 20.0 Å². The molecule has 6 nitrogen and oxygen atoms in total. The summed E-state index contributed by atoms with van der Waals surface area (Å²) < 4.78 is 4.96. The van der Waals surface area contributed by atoms with Gasteiger partial charge in [0.1, 0.15) is 0 Å². The summed E-state index contributed by atoms with van der Waals surface area (Å²) in [6.07, 6.45) is 0. The number of rotatable bonds is 1. The molecule has 2 aromatic rings. The van der Waals surface area contributed by atoms with Gasteiger partial charge in [-0.2, -0.15) is 0 Å². The molecule has 0 atom stereocenters. The van der Waals surface area contributed by atoms with E-state index < -0.39 is 21.3 Å². The van der Waals surface area contributed by atoms with Gasteiger partial charge in [0.25, 0.3) is 5.69 Å². The van der Waals surface area contributed by atoms with Crippen molar-refractivity contribution >= 4 is 27.3 Å². The lowest BCUT2D eigenvalue weighted by molar-refractivity contribution is -0.398. The summed E-state index contributed by atoms with van der Waals surface area (Å²) in [4.78, 5) is 19.7. The number of hydrogen-bond donors (Lipinski definition) is 0. The van der Waals surface area contributed by atoms with E-state index in [4.69, 9.17) is 0 Å². The van der Waals surface area contributed by atoms with Crippen molar-refractivity contribution in [3.05, 3.63) is 32.0 Å². The zero-order valence-electron chi connectivity index (χ0n) is 6.55. The molecular weight excluding hydrogens is 210 g/mol. The van der Waals surface area contributed by atoms with Crippen molar-refractivity contribution in [2.45, 2.75) is 0 Å². The third kappa shape index (κ3) is 1.23. The van der Waals surface area contributed by atoms with Crippen LogP contribution < -0.4 is 10.0 Å². The summed E-state index contributed by atoms with van der Waals surface area (Å²) in [6, 6.07) is 2.00. The van der Waals surface area contributed by atoms with Crippen LogP contribution in [0.1, 0.15) is 0 Å². The third-order valence-electron chi connectivity index (χ3n) is 1.61. The van der Waals surface area contributed by atoms with Crippen molar-refractivity contribution in [2.24, 2.45) is 0 Å². The molecule has 0 aliphatic carbocycles. The quantitative estimate of drug-likeness (QED) is 0.515. The van der Waals surface area contributed by atoms with E-state index in [1.54, 1.807) is 0 Å². The molecule has 0 bridgehead atoms. The topological polar surface area (TPSA) is 96.4 Å². The van der Waals surface area contributed by atoms with Crippen LogP contribution >= 0.6 is 11.3 Å². The van der Waals surface area contributed by atoms with Crippen LogP contribution in [-0.2, 0) is 0 Å². The Balaban J connectivity index is 2.82. The summed E-state index contributed by atoms with van der Waals surface area (Å²) in [5.74, 6) is -0.723. The molecule has 1 aromatic carbocycles. The average molecular weight is 212 g/mol. The van der Waals surface area contributed by atoms with Crippen molar-refractivity contribution in [1.82, 2.24) is 0 Å². The van der Waals surface area contributed by atoms with E-state index >= 15 is 0 Å². The standard InChI is InChI=1S/C7H3NO5S/c9-4-2-6-5(13-7(10)14-6)1-3(4)8(11)12/h1-2,9H/p-1. The molecule has 0 N–H and O–H groups in total. The molecule has 7 heteroatoms. The Morgan fingerprint density at radius 3 is 2.79 bits per heavy atom. The van der Waals surface area contributed by atoms with Gasteiger partial charge in [-0.25, -0.2) is 4.79 Å². The first kappa shape index (κ1) is 8.70. The van der Waals surface area contributed by atoms with Gasteiger partial charge in [-0.1, -0.05) is 11.3 Å². The van der Waals surface area contributed by atoms with E-state index in [1.165, 1.54) is 0 Å². The molecule has 0 fully saturated rings. The smallest absolute Gasteiger partial charge is 0.396 e. The molecule has 0 aliphatic heterocycles. The summed E-state index contributed by atoms with van der Waals surface area (Å²) in [7, 11) is 0. The van der Waals surface area contributed by atoms with Gasteiger partial charge in [0, 0.05) is 0 Å². The van der Waals surface area contributed by atoms with Gasteiger partial charge < -0.3 is 9.52 Å². The lowest BCUT2D eigenvalue weighted by Crippen LogP contribution is -1.96. The molecular formula is C7H2NO5S-. The fourth-order valence-electron chi connectivity index (χ4n) is 1.03. The highest BCUT2D eigenvalue weighted by Gasteiger charge is 2.11. The maximum Gasteiger partial charge on any atom is 0.396 e. The average Bonchev–Trinajstić information content (AvgIpc) is 2.42. The van der Waals surface area contributed by atoms with Gasteiger partial charge in [-0.3, -0.25) is 10.1 Å². The van der Waals surface area contributed by atoms with Crippen molar-refractivity contribution in [2.75, 3.05) is 0 Å². The van der Waals surface area contributed by atoms with Gasteiger partial charge in [-0.05, 0) is 11.8 Å². The minimum absolute atomic E-state index is 0.0753. The van der Waals surface area contributed by atoms with Gasteiger partial charge in [-0.15, -0.1) is 0 Å². The highest BCUT2D eigenvalue weighted by molar-refractivity contribution is 7.16. The first-order valence-electron chi connectivity index (χ1n) is 3.47. The summed E-state index contributed by atoms with van der Waals surface area (Å²) >= 11 is 0.742. The van der Waals surface area contributed by atoms with Crippen LogP contribution in [0, 0.1) is 10.1 Å². The second-order valence-electron chi connectivity index (χ2n) is 2.48. The number of hydrogen-bond acceptors (Lipinski definition) is 6. The van der Waals surface area contributed by atoms with E-state index in [2.05, 4.69) is 4.42 Å². The van der Waals surface area contributed by atoms with Crippen LogP contribution in [0.15, 0.2) is 21.3 Å². The SMILES string of the molecule is O=c1oc2cc([N+](=O)[O-])c([O-])cc2s1. The van der Waals surface area contributed by atoms with Gasteiger partial charge >= 0.3 is 4.94 Å². The highest BCUT2D eigenvalue weighted by atomic mass is 32.1. The summed E-state index contributed by atoms with van der Waals surface area (Å²) in [5.41, 5.74) is -0.509. The number of nitro groups is 1. The molecule has 0 saturated carbocycles. The van der Waals surface area contributed by atoms with Gasteiger partial charge in [0.05, 0.1) is 15.7 Å². The van der Waals surface area contributed by atoms with Crippen molar-refractivity contribution in [3.63, 3.8) is 0 Å². The molecule has 1 heterocycles. The van der Waals surface area contributed by atoms with Crippen LogP contribution in [0.4, 0.5) is 5.69 Å². The van der Waals surface area contributed by atoms with Crippen molar-refractivity contribution in [3.8, 4) is 5.75 Å². The zero-order valence-corrected chi connectivity index (χ0v) is 7.37. The molecule has 2 rings (SSSR count). The zero-order chi connectivity index (χ0) is 10.3. The Kier molecular flexibility index (Phi) is 1.74. The van der Waals surface area contributed by atoms with E-state index in [0.717, 1.165) is 23.5 Å². The predicted octanol–water partition coefficient (Wildman–Crippen LogP) is 0.836. The molecule has 0 radical (unpaired) electrons. The molecule has 1 aromatic heterocycles. The van der Waals surface area contributed by atoms with E-state index in [0.29, 0.717) is 4.70 Å². The Labute approximate surface area is 80.2 Å². The van der Waals surface area contributed by atoms with E-state index in [1.807, 2.05) is 0 Å². The maximum absolute atomic E-state index is 11.1. The number of nitro benzene ring substituents is 1. The minimum Gasteiger partial charge on any atom is -0.868 e. The predicted molar refractivity (Wildman–Crippen MR) is 46.5 cm³/mol. The number of benzene rings is 1. The Morgan fingerprint density at radius 1 is 1.43 bits per heavy atom. The Bertz CT molecular complexity index is 569. The van der Waals surface area contributed by atoms with Crippen LogP contribution in [0.3, 0.4) is 0 Å². The third-order valence-corrected chi connectivity index (χ3v) is 2.40. The maximum atomic E-state index is 11.1. The number of fused-ring (bicyclic) bond motifs is 1. The number of nitrogens with zero attached hydrogens (tertiary/aromatic N) is 1. The molecule has 0 spiro atoms. The lowest BCUT2D eigenvalue weighted by Gasteiger charge is -2.04. The normalized spacial score (nSPS) is 10.6. The van der Waals surface area contributed by atoms with Crippen LogP contribution in [0.5, 0.6) is 5.75 Å². The second-order valence-corrected chi connectivity index (χ2v) is 3.46. The van der Waals surface area contributed by atoms with Crippen LogP contribution in [0.25, 0.3) is 10.3 Å². The minimum atomic E-state index is -0.806. The second kappa shape index (κ2) is 2.81. The van der Waals surface area contributed by atoms with Crippen LogP contribution in [-0.4, -0.2) is 4.92 Å². The molecule has 0 aliphatic rings.